The minimum Gasteiger partial charge on any atom is -0.508 e. The molecule has 44 heavy (non-hydrogen) atoms. The Balaban J connectivity index is 1.37. The molecule has 2 aromatic heterocycles. The van der Waals surface area contributed by atoms with Gasteiger partial charge in [0.2, 0.25) is 0 Å². The zero-order chi connectivity index (χ0) is 30.8. The van der Waals surface area contributed by atoms with Crippen molar-refractivity contribution in [2.45, 2.75) is 57.7 Å². The summed E-state index contributed by atoms with van der Waals surface area (Å²) in [7, 11) is 0. The van der Waals surface area contributed by atoms with E-state index >= 15 is 4.39 Å². The molecule has 0 spiro atoms. The molecule has 8 nitrogen and oxygen atoms in total. The predicted molar refractivity (Wildman–Crippen MR) is 162 cm³/mol. The number of aliphatic hydroxyl groups excluding tert-OH is 1. The standard InChI is InChI=1S/C33H36F3N5O3/c1-3-22-25(35)6-5-19-11-21(43)12-23(26(19)22)28-27(36)29-24(14-37-28)30(40-10-8-32(2,16-40)17-42)39-31(38-29)44-18-33-7-4-9-41(33)15-20(34)13-33/h5-6,11-12,14,20,42-43H,3-4,7-10,13,15-18H2,1-2H3/t20-,32?,33?/m1/s1. The Hall–Kier alpha value is -3.70. The van der Waals surface area contributed by atoms with Crippen molar-refractivity contribution in [3.8, 4) is 23.0 Å². The second-order valence-electron chi connectivity index (χ2n) is 13.0. The summed E-state index contributed by atoms with van der Waals surface area (Å²) in [5, 5.41) is 22.0. The van der Waals surface area contributed by atoms with Crippen LogP contribution in [0.4, 0.5) is 19.0 Å². The molecule has 3 aliphatic heterocycles. The topological polar surface area (TPSA) is 94.8 Å². The molecule has 7 rings (SSSR count). The Bertz CT molecular complexity index is 1770. The minimum atomic E-state index is -0.922. The SMILES string of the molecule is CCc1c(F)ccc2cc(O)cc(-c3ncc4c(N5CCC(C)(CO)C5)nc(OCC56CCCN5C[C@H](F)C6)nc4c3F)c12. The first-order valence-corrected chi connectivity index (χ1v) is 15.3. The summed E-state index contributed by atoms with van der Waals surface area (Å²) in [4.78, 5) is 17.9. The lowest BCUT2D eigenvalue weighted by molar-refractivity contribution is 0.107. The van der Waals surface area contributed by atoms with Gasteiger partial charge in [-0.15, -0.1) is 0 Å². The maximum atomic E-state index is 16.7. The number of aromatic hydroxyl groups is 1. The average molecular weight is 608 g/mol. The van der Waals surface area contributed by atoms with Gasteiger partial charge in [-0.3, -0.25) is 9.88 Å². The number of aromatic nitrogens is 3. The van der Waals surface area contributed by atoms with Gasteiger partial charge < -0.3 is 19.8 Å². The number of phenols is 1. The van der Waals surface area contributed by atoms with Gasteiger partial charge in [0.05, 0.1) is 17.5 Å². The number of anilines is 1. The van der Waals surface area contributed by atoms with Crippen molar-refractivity contribution in [2.75, 3.05) is 44.3 Å². The molecule has 2 N–H and O–H groups in total. The van der Waals surface area contributed by atoms with Gasteiger partial charge in [0, 0.05) is 43.2 Å². The molecular formula is C33H36F3N5O3. The van der Waals surface area contributed by atoms with E-state index in [-0.39, 0.29) is 47.2 Å². The summed E-state index contributed by atoms with van der Waals surface area (Å²) in [5.41, 5.74) is -0.234. The van der Waals surface area contributed by atoms with Crippen molar-refractivity contribution in [1.29, 1.82) is 0 Å². The predicted octanol–water partition coefficient (Wildman–Crippen LogP) is 5.56. The molecule has 3 aliphatic rings. The van der Waals surface area contributed by atoms with Gasteiger partial charge in [-0.05, 0) is 66.8 Å². The van der Waals surface area contributed by atoms with E-state index in [0.29, 0.717) is 60.0 Å². The van der Waals surface area contributed by atoms with E-state index in [2.05, 4.69) is 14.9 Å². The number of benzene rings is 2. The number of rotatable bonds is 7. The molecule has 5 heterocycles. The highest BCUT2D eigenvalue weighted by atomic mass is 19.1. The molecule has 0 bridgehead atoms. The van der Waals surface area contributed by atoms with Gasteiger partial charge in [0.15, 0.2) is 5.82 Å². The van der Waals surface area contributed by atoms with Crippen LogP contribution in [0.5, 0.6) is 11.8 Å². The van der Waals surface area contributed by atoms with Crippen molar-refractivity contribution in [3.05, 3.63) is 47.7 Å². The fraction of sp³-hybridized carbons (Fsp3) is 0.485. The van der Waals surface area contributed by atoms with Gasteiger partial charge in [-0.25, -0.2) is 13.2 Å². The number of hydrogen-bond donors (Lipinski definition) is 2. The number of ether oxygens (including phenoxy) is 1. The van der Waals surface area contributed by atoms with Gasteiger partial charge >= 0.3 is 6.01 Å². The highest BCUT2D eigenvalue weighted by molar-refractivity contribution is 6.01. The van der Waals surface area contributed by atoms with Crippen molar-refractivity contribution < 1.29 is 28.1 Å². The molecule has 4 aromatic rings. The number of alkyl halides is 1. The van der Waals surface area contributed by atoms with Crippen LogP contribution in [0.25, 0.3) is 32.9 Å². The number of phenolic OH excluding ortho intramolecular Hbond substituents is 1. The summed E-state index contributed by atoms with van der Waals surface area (Å²) in [5.74, 6) is -0.823. The number of pyridine rings is 1. The summed E-state index contributed by atoms with van der Waals surface area (Å²) in [6.07, 6.45) is 3.79. The highest BCUT2D eigenvalue weighted by Crippen LogP contribution is 2.42. The van der Waals surface area contributed by atoms with Gasteiger partial charge in [-0.2, -0.15) is 9.97 Å². The third kappa shape index (κ3) is 4.72. The van der Waals surface area contributed by atoms with Gasteiger partial charge in [0.1, 0.15) is 41.4 Å². The summed E-state index contributed by atoms with van der Waals surface area (Å²) < 4.78 is 52.2. The van der Waals surface area contributed by atoms with E-state index in [1.807, 2.05) is 18.7 Å². The summed E-state index contributed by atoms with van der Waals surface area (Å²) in [6.45, 7) is 6.26. The molecular weight excluding hydrogens is 571 g/mol. The van der Waals surface area contributed by atoms with Crippen LogP contribution in [0.15, 0.2) is 30.5 Å². The normalized spacial score (nSPS) is 25.4. The second kappa shape index (κ2) is 10.7. The lowest BCUT2D eigenvalue weighted by atomic mass is 9.91. The molecule has 0 saturated carbocycles. The zero-order valence-corrected chi connectivity index (χ0v) is 24.9. The van der Waals surface area contributed by atoms with E-state index in [9.17, 15) is 19.0 Å². The van der Waals surface area contributed by atoms with Crippen LogP contribution in [0, 0.1) is 17.0 Å². The first-order chi connectivity index (χ1) is 21.1. The smallest absolute Gasteiger partial charge is 0.319 e. The number of nitrogens with zero attached hydrogens (tertiary/aromatic N) is 5. The van der Waals surface area contributed by atoms with E-state index in [0.717, 1.165) is 25.8 Å². The van der Waals surface area contributed by atoms with Crippen molar-refractivity contribution in [1.82, 2.24) is 19.9 Å². The highest BCUT2D eigenvalue weighted by Gasteiger charge is 2.49. The van der Waals surface area contributed by atoms with Crippen LogP contribution in [0.3, 0.4) is 0 Å². The summed E-state index contributed by atoms with van der Waals surface area (Å²) >= 11 is 0. The molecule has 232 valence electrons. The maximum absolute atomic E-state index is 16.7. The lowest BCUT2D eigenvalue weighted by Gasteiger charge is -2.31. The first kappa shape index (κ1) is 29.0. The van der Waals surface area contributed by atoms with Crippen LogP contribution >= 0.6 is 0 Å². The third-order valence-corrected chi connectivity index (χ3v) is 9.88. The van der Waals surface area contributed by atoms with Crippen LogP contribution in [0.2, 0.25) is 0 Å². The quantitative estimate of drug-likeness (QED) is 0.282. The molecule has 0 amide bonds. The molecule has 3 fully saturated rings. The number of hydrogen-bond acceptors (Lipinski definition) is 8. The number of aliphatic hydroxyl groups is 1. The van der Waals surface area contributed by atoms with Gasteiger partial charge in [-0.1, -0.05) is 19.9 Å². The second-order valence-corrected chi connectivity index (χ2v) is 13.0. The van der Waals surface area contributed by atoms with Crippen molar-refractivity contribution in [3.63, 3.8) is 0 Å². The summed E-state index contributed by atoms with van der Waals surface area (Å²) in [6, 6.07) is 5.79. The fourth-order valence-corrected chi connectivity index (χ4v) is 7.53. The fourth-order valence-electron chi connectivity index (χ4n) is 7.53. The minimum absolute atomic E-state index is 0.00369. The third-order valence-electron chi connectivity index (χ3n) is 9.88. The van der Waals surface area contributed by atoms with Crippen LogP contribution in [0.1, 0.15) is 45.1 Å². The number of halogens is 3. The van der Waals surface area contributed by atoms with Gasteiger partial charge in [0.25, 0.3) is 0 Å². The molecule has 2 unspecified atom stereocenters. The molecule has 0 radical (unpaired) electrons. The molecule has 3 saturated heterocycles. The van der Waals surface area contributed by atoms with Crippen molar-refractivity contribution in [2.24, 2.45) is 5.41 Å². The Labute approximate surface area is 253 Å². The maximum Gasteiger partial charge on any atom is 0.319 e. The molecule has 3 atom stereocenters. The Morgan fingerprint density at radius 3 is 2.75 bits per heavy atom. The number of fused-ring (bicyclic) bond motifs is 3. The number of aryl methyl sites for hydroxylation is 1. The molecule has 11 heteroatoms. The van der Waals surface area contributed by atoms with E-state index in [1.165, 1.54) is 24.4 Å². The monoisotopic (exact) mass is 607 g/mol. The Morgan fingerprint density at radius 2 is 1.98 bits per heavy atom. The lowest BCUT2D eigenvalue weighted by Crippen LogP contribution is -2.43. The first-order valence-electron chi connectivity index (χ1n) is 15.3. The Morgan fingerprint density at radius 1 is 1.14 bits per heavy atom. The van der Waals surface area contributed by atoms with Crippen molar-refractivity contribution >= 4 is 27.5 Å². The Kier molecular flexibility index (Phi) is 7.08. The van der Waals surface area contributed by atoms with E-state index in [1.54, 1.807) is 6.07 Å². The van der Waals surface area contributed by atoms with E-state index < -0.39 is 23.3 Å². The average Bonchev–Trinajstić information content (AvgIpc) is 3.68. The van der Waals surface area contributed by atoms with E-state index in [4.69, 9.17) is 9.72 Å². The molecule has 0 aliphatic carbocycles. The van der Waals surface area contributed by atoms with Crippen LogP contribution in [-0.4, -0.2) is 81.2 Å². The zero-order valence-electron chi connectivity index (χ0n) is 24.9. The largest absolute Gasteiger partial charge is 0.508 e. The molecule has 2 aromatic carbocycles. The van der Waals surface area contributed by atoms with Crippen LogP contribution in [-0.2, 0) is 6.42 Å². The van der Waals surface area contributed by atoms with Crippen LogP contribution < -0.4 is 9.64 Å².